The molecule has 0 aliphatic heterocycles. The summed E-state index contributed by atoms with van der Waals surface area (Å²) in [6, 6.07) is 2.06. The molecule has 3 nitrogen and oxygen atoms in total. The first-order valence-electron chi connectivity index (χ1n) is 5.93. The highest BCUT2D eigenvalue weighted by Gasteiger charge is 2.07. The second-order valence-electron chi connectivity index (χ2n) is 3.75. The van der Waals surface area contributed by atoms with Crippen LogP contribution in [-0.2, 0) is 6.42 Å². The average Bonchev–Trinajstić information content (AvgIpc) is 2.34. The molecule has 0 saturated carbocycles. The number of aromatic nitrogens is 2. The van der Waals surface area contributed by atoms with Crippen LogP contribution in [-0.4, -0.2) is 28.9 Å². The predicted molar refractivity (Wildman–Crippen MR) is 69.3 cm³/mol. The number of halogens is 1. The van der Waals surface area contributed by atoms with Crippen LogP contribution in [0.2, 0.25) is 0 Å². The Hall–Kier alpha value is -0.830. The van der Waals surface area contributed by atoms with Crippen molar-refractivity contribution in [1.82, 2.24) is 9.97 Å². The molecule has 4 heteroatoms. The van der Waals surface area contributed by atoms with Crippen LogP contribution in [0.1, 0.15) is 32.4 Å². The van der Waals surface area contributed by atoms with E-state index in [9.17, 15) is 0 Å². The van der Waals surface area contributed by atoms with E-state index in [0.717, 1.165) is 31.0 Å². The van der Waals surface area contributed by atoms with Crippen molar-refractivity contribution in [3.05, 3.63) is 18.1 Å². The molecule has 1 aromatic rings. The predicted octanol–water partition coefficient (Wildman–Crippen LogP) is 2.88. The van der Waals surface area contributed by atoms with Gasteiger partial charge in [0.25, 0.3) is 0 Å². The summed E-state index contributed by atoms with van der Waals surface area (Å²) in [5.41, 5.74) is 1.08. The van der Waals surface area contributed by atoms with Crippen molar-refractivity contribution in [2.24, 2.45) is 0 Å². The van der Waals surface area contributed by atoms with Crippen molar-refractivity contribution >= 4 is 17.4 Å². The number of rotatable bonds is 7. The van der Waals surface area contributed by atoms with Crippen LogP contribution in [0.3, 0.4) is 0 Å². The monoisotopic (exact) mass is 241 g/mol. The van der Waals surface area contributed by atoms with Gasteiger partial charge in [-0.05, 0) is 12.8 Å². The second kappa shape index (κ2) is 7.44. The van der Waals surface area contributed by atoms with Gasteiger partial charge in [0.15, 0.2) is 0 Å². The van der Waals surface area contributed by atoms with Crippen LogP contribution in [0, 0.1) is 0 Å². The van der Waals surface area contributed by atoms with Crippen LogP contribution in [0.4, 0.5) is 5.82 Å². The lowest BCUT2D eigenvalue weighted by Gasteiger charge is -2.22. The second-order valence-corrected chi connectivity index (χ2v) is 4.13. The first-order valence-corrected chi connectivity index (χ1v) is 6.47. The molecule has 0 aliphatic carbocycles. The molecule has 1 heterocycles. The zero-order chi connectivity index (χ0) is 11.8. The number of hydrogen-bond acceptors (Lipinski definition) is 3. The summed E-state index contributed by atoms with van der Waals surface area (Å²) in [5, 5.41) is 0. The van der Waals surface area contributed by atoms with Crippen molar-refractivity contribution in [1.29, 1.82) is 0 Å². The summed E-state index contributed by atoms with van der Waals surface area (Å²) in [4.78, 5) is 10.8. The minimum atomic E-state index is 0.634. The summed E-state index contributed by atoms with van der Waals surface area (Å²) < 4.78 is 0. The number of hydrogen-bond donors (Lipinski definition) is 0. The maximum Gasteiger partial charge on any atom is 0.132 e. The normalized spacial score (nSPS) is 10.4. The Morgan fingerprint density at radius 3 is 2.69 bits per heavy atom. The third kappa shape index (κ3) is 3.97. The highest BCUT2D eigenvalue weighted by Crippen LogP contribution is 2.12. The van der Waals surface area contributed by atoms with E-state index in [-0.39, 0.29) is 0 Å². The first-order chi connectivity index (χ1) is 7.81. The van der Waals surface area contributed by atoms with Gasteiger partial charge in [-0.1, -0.05) is 20.3 Å². The Morgan fingerprint density at radius 1 is 1.25 bits per heavy atom. The lowest BCUT2D eigenvalue weighted by atomic mass is 10.3. The van der Waals surface area contributed by atoms with Gasteiger partial charge in [-0.3, -0.25) is 0 Å². The van der Waals surface area contributed by atoms with E-state index in [4.69, 9.17) is 11.6 Å². The smallest absolute Gasteiger partial charge is 0.132 e. The van der Waals surface area contributed by atoms with E-state index in [1.165, 1.54) is 12.8 Å². The van der Waals surface area contributed by atoms with Gasteiger partial charge in [-0.2, -0.15) is 0 Å². The maximum atomic E-state index is 5.81. The summed E-state index contributed by atoms with van der Waals surface area (Å²) in [5.74, 6) is 1.63. The number of alkyl halides is 1. The topological polar surface area (TPSA) is 29.0 Å². The van der Waals surface area contributed by atoms with Gasteiger partial charge in [0, 0.05) is 30.7 Å². The highest BCUT2D eigenvalue weighted by molar-refractivity contribution is 6.18. The Labute approximate surface area is 103 Å². The molecule has 90 valence electrons. The fourth-order valence-corrected chi connectivity index (χ4v) is 1.75. The molecule has 0 radical (unpaired) electrons. The number of nitrogens with zero attached hydrogens (tertiary/aromatic N) is 3. The van der Waals surface area contributed by atoms with Crippen LogP contribution < -0.4 is 4.90 Å². The van der Waals surface area contributed by atoms with Crippen molar-refractivity contribution in [3.63, 3.8) is 0 Å². The van der Waals surface area contributed by atoms with Crippen LogP contribution in [0.15, 0.2) is 12.4 Å². The molecule has 0 atom stereocenters. The first kappa shape index (κ1) is 13.2. The molecule has 0 amide bonds. The van der Waals surface area contributed by atoms with E-state index < -0.39 is 0 Å². The third-order valence-electron chi connectivity index (χ3n) is 2.53. The molecule has 0 aliphatic rings. The number of unbranched alkanes of at least 4 members (excludes halogenated alkanes) is 1. The number of aryl methyl sites for hydroxylation is 1. The molecule has 0 N–H and O–H groups in total. The van der Waals surface area contributed by atoms with Crippen molar-refractivity contribution in [2.45, 2.75) is 33.1 Å². The molecule has 16 heavy (non-hydrogen) atoms. The van der Waals surface area contributed by atoms with Gasteiger partial charge in [0.1, 0.15) is 12.1 Å². The largest absolute Gasteiger partial charge is 0.355 e. The molecule has 1 rings (SSSR count). The van der Waals surface area contributed by atoms with Crippen molar-refractivity contribution in [2.75, 3.05) is 23.9 Å². The van der Waals surface area contributed by atoms with Crippen LogP contribution in [0.25, 0.3) is 0 Å². The molecule has 0 fully saturated rings. The molecule has 0 unspecified atom stereocenters. The zero-order valence-electron chi connectivity index (χ0n) is 10.1. The van der Waals surface area contributed by atoms with Gasteiger partial charge >= 0.3 is 0 Å². The zero-order valence-corrected chi connectivity index (χ0v) is 10.9. The van der Waals surface area contributed by atoms with Crippen LogP contribution >= 0.6 is 11.6 Å². The SMILES string of the molecule is CCCCN(CCCl)c1cc(CC)ncn1. The highest BCUT2D eigenvalue weighted by atomic mass is 35.5. The molecule has 0 aromatic carbocycles. The van der Waals surface area contributed by atoms with Gasteiger partial charge in [-0.25, -0.2) is 9.97 Å². The summed E-state index contributed by atoms with van der Waals surface area (Å²) in [7, 11) is 0. The van der Waals surface area contributed by atoms with Gasteiger partial charge < -0.3 is 4.90 Å². The summed E-state index contributed by atoms with van der Waals surface area (Å²) in [6.07, 6.45) is 4.94. The summed E-state index contributed by atoms with van der Waals surface area (Å²) >= 11 is 5.81. The Balaban J connectivity index is 2.73. The summed E-state index contributed by atoms with van der Waals surface area (Å²) in [6.45, 7) is 6.16. The molecule has 0 saturated heterocycles. The van der Waals surface area contributed by atoms with Crippen LogP contribution in [0.5, 0.6) is 0 Å². The molecular weight excluding hydrogens is 222 g/mol. The van der Waals surface area contributed by atoms with E-state index >= 15 is 0 Å². The minimum Gasteiger partial charge on any atom is -0.355 e. The Morgan fingerprint density at radius 2 is 2.06 bits per heavy atom. The lowest BCUT2D eigenvalue weighted by molar-refractivity contribution is 0.723. The van der Waals surface area contributed by atoms with E-state index in [1.807, 2.05) is 0 Å². The lowest BCUT2D eigenvalue weighted by Crippen LogP contribution is -2.27. The Bertz CT molecular complexity index is 304. The van der Waals surface area contributed by atoms with E-state index in [1.54, 1.807) is 6.33 Å². The van der Waals surface area contributed by atoms with E-state index in [2.05, 4.69) is 34.8 Å². The molecule has 0 bridgehead atoms. The fraction of sp³-hybridized carbons (Fsp3) is 0.667. The molecule has 0 spiro atoms. The fourth-order valence-electron chi connectivity index (χ4n) is 1.54. The van der Waals surface area contributed by atoms with E-state index in [0.29, 0.717) is 5.88 Å². The molecular formula is C12H20ClN3. The third-order valence-corrected chi connectivity index (χ3v) is 2.70. The van der Waals surface area contributed by atoms with Gasteiger partial charge in [0.2, 0.25) is 0 Å². The molecule has 1 aromatic heterocycles. The van der Waals surface area contributed by atoms with Crippen molar-refractivity contribution < 1.29 is 0 Å². The average molecular weight is 242 g/mol. The standard InChI is InChI=1S/C12H20ClN3/c1-3-5-7-16(8-6-13)12-9-11(4-2)14-10-15-12/h9-10H,3-8H2,1-2H3. The van der Waals surface area contributed by atoms with Gasteiger partial charge in [0.05, 0.1) is 0 Å². The quantitative estimate of drug-likeness (QED) is 0.688. The van der Waals surface area contributed by atoms with Crippen molar-refractivity contribution in [3.8, 4) is 0 Å². The maximum absolute atomic E-state index is 5.81. The number of anilines is 1. The van der Waals surface area contributed by atoms with Gasteiger partial charge in [-0.15, -0.1) is 11.6 Å². The Kier molecular flexibility index (Phi) is 6.16. The minimum absolute atomic E-state index is 0.634.